The Morgan fingerprint density at radius 2 is 1.84 bits per heavy atom. The molecule has 108 valence electrons. The van der Waals surface area contributed by atoms with Gasteiger partial charge in [0.25, 0.3) is 0 Å². The molecule has 3 nitrogen and oxygen atoms in total. The van der Waals surface area contributed by atoms with Gasteiger partial charge in [-0.25, -0.2) is 0 Å². The number of nitrogens with zero attached hydrogens (tertiary/aromatic N) is 1. The third kappa shape index (κ3) is 2.93. The van der Waals surface area contributed by atoms with E-state index in [4.69, 9.17) is 4.74 Å². The van der Waals surface area contributed by atoms with Crippen LogP contribution in [0.3, 0.4) is 0 Å². The summed E-state index contributed by atoms with van der Waals surface area (Å²) in [6.45, 7) is 6.27. The van der Waals surface area contributed by atoms with Crippen molar-refractivity contribution in [2.75, 3.05) is 21.2 Å². The predicted molar refractivity (Wildman–Crippen MR) is 79.7 cm³/mol. The molecule has 0 aliphatic heterocycles. The molecule has 0 heterocycles. The van der Waals surface area contributed by atoms with Gasteiger partial charge >= 0.3 is 0 Å². The number of likely N-dealkylation sites (N-methyl/N-ethyl adjacent to an activating group) is 1. The van der Waals surface area contributed by atoms with Crippen molar-refractivity contribution in [3.63, 3.8) is 0 Å². The fraction of sp³-hybridized carbons (Fsp3) is 0.625. The molecule has 0 saturated heterocycles. The van der Waals surface area contributed by atoms with Crippen molar-refractivity contribution in [3.05, 3.63) is 29.3 Å². The van der Waals surface area contributed by atoms with Crippen molar-refractivity contribution < 1.29 is 9.84 Å². The van der Waals surface area contributed by atoms with Crippen LogP contribution in [0, 0.1) is 6.92 Å². The molecule has 0 spiro atoms. The molecule has 0 radical (unpaired) electrons. The van der Waals surface area contributed by atoms with E-state index in [1.54, 1.807) is 7.11 Å². The van der Waals surface area contributed by atoms with Crippen LogP contribution in [0.5, 0.6) is 5.75 Å². The Morgan fingerprint density at radius 3 is 2.26 bits per heavy atom. The van der Waals surface area contributed by atoms with Crippen LogP contribution in [-0.4, -0.2) is 36.8 Å². The first kappa shape index (κ1) is 16.0. The summed E-state index contributed by atoms with van der Waals surface area (Å²) >= 11 is 0. The molecular formula is C16H27NO2. The molecule has 3 heteroatoms. The maximum Gasteiger partial charge on any atom is 0.124 e. The predicted octanol–water partition coefficient (Wildman–Crippen LogP) is 3.16. The van der Waals surface area contributed by atoms with Gasteiger partial charge in [0.15, 0.2) is 0 Å². The Balaban J connectivity index is 3.30. The number of ether oxygens (including phenoxy) is 1. The highest BCUT2D eigenvalue weighted by molar-refractivity contribution is 5.40. The molecule has 1 aromatic rings. The zero-order valence-electron chi connectivity index (χ0n) is 13.0. The summed E-state index contributed by atoms with van der Waals surface area (Å²) in [6, 6.07) is 5.96. The molecule has 1 rings (SSSR count). The lowest BCUT2D eigenvalue weighted by molar-refractivity contribution is -0.0161. The van der Waals surface area contributed by atoms with Crippen molar-refractivity contribution in [1.82, 2.24) is 4.90 Å². The van der Waals surface area contributed by atoms with E-state index in [-0.39, 0.29) is 5.54 Å². The van der Waals surface area contributed by atoms with E-state index in [9.17, 15) is 5.11 Å². The van der Waals surface area contributed by atoms with Gasteiger partial charge in [-0.15, -0.1) is 0 Å². The van der Waals surface area contributed by atoms with Gasteiger partial charge in [0.05, 0.1) is 12.6 Å². The van der Waals surface area contributed by atoms with Gasteiger partial charge in [-0.3, -0.25) is 0 Å². The lowest BCUT2D eigenvalue weighted by Gasteiger charge is -2.43. The van der Waals surface area contributed by atoms with Crippen LogP contribution in [0.25, 0.3) is 0 Å². The van der Waals surface area contributed by atoms with Gasteiger partial charge in [0.1, 0.15) is 11.9 Å². The normalized spacial score (nSPS) is 13.7. The Morgan fingerprint density at radius 1 is 1.26 bits per heavy atom. The van der Waals surface area contributed by atoms with Crippen LogP contribution in [0.2, 0.25) is 0 Å². The molecule has 0 bridgehead atoms. The van der Waals surface area contributed by atoms with Crippen LogP contribution in [0.15, 0.2) is 18.2 Å². The quantitative estimate of drug-likeness (QED) is 0.857. The van der Waals surface area contributed by atoms with Gasteiger partial charge < -0.3 is 14.7 Å². The average Bonchev–Trinajstić information content (AvgIpc) is 2.40. The molecule has 1 aromatic carbocycles. The first-order valence-electron chi connectivity index (χ1n) is 6.93. The molecule has 0 aliphatic carbocycles. The second-order valence-electron chi connectivity index (χ2n) is 5.35. The zero-order valence-corrected chi connectivity index (χ0v) is 13.0. The zero-order chi connectivity index (χ0) is 14.6. The van der Waals surface area contributed by atoms with E-state index in [0.29, 0.717) is 0 Å². The van der Waals surface area contributed by atoms with E-state index in [0.717, 1.165) is 29.7 Å². The lowest BCUT2D eigenvalue weighted by Crippen LogP contribution is -2.48. The molecule has 1 atom stereocenters. The molecule has 1 N–H and O–H groups in total. The number of methoxy groups -OCH3 is 1. The standard InChI is InChI=1S/C16H27NO2/c1-7-16(8-2,17(4)5)15(18)13-11-12(3)9-10-14(13)19-6/h9-11,15,18H,7-8H2,1-6H3. The lowest BCUT2D eigenvalue weighted by atomic mass is 9.81. The summed E-state index contributed by atoms with van der Waals surface area (Å²) in [5.41, 5.74) is 1.75. The van der Waals surface area contributed by atoms with Crippen molar-refractivity contribution >= 4 is 0 Å². The number of benzene rings is 1. The minimum atomic E-state index is -0.563. The second kappa shape index (κ2) is 6.40. The van der Waals surface area contributed by atoms with Crippen molar-refractivity contribution in [1.29, 1.82) is 0 Å². The van der Waals surface area contributed by atoms with Crippen LogP contribution in [0.4, 0.5) is 0 Å². The average molecular weight is 265 g/mol. The summed E-state index contributed by atoms with van der Waals surface area (Å²) in [5.74, 6) is 0.756. The summed E-state index contributed by atoms with van der Waals surface area (Å²) < 4.78 is 5.41. The summed E-state index contributed by atoms with van der Waals surface area (Å²) in [7, 11) is 5.70. The highest BCUT2D eigenvalue weighted by atomic mass is 16.5. The summed E-state index contributed by atoms with van der Waals surface area (Å²) in [6.07, 6.45) is 1.20. The largest absolute Gasteiger partial charge is 0.496 e. The highest BCUT2D eigenvalue weighted by Gasteiger charge is 2.39. The Kier molecular flexibility index (Phi) is 5.39. The van der Waals surface area contributed by atoms with Crippen LogP contribution >= 0.6 is 0 Å². The van der Waals surface area contributed by atoms with Gasteiger partial charge in [0.2, 0.25) is 0 Å². The topological polar surface area (TPSA) is 32.7 Å². The summed E-state index contributed by atoms with van der Waals surface area (Å²) in [4.78, 5) is 2.12. The minimum absolute atomic E-state index is 0.263. The van der Waals surface area contributed by atoms with Crippen LogP contribution in [0.1, 0.15) is 43.9 Å². The Hall–Kier alpha value is -1.06. The maximum atomic E-state index is 10.9. The number of aryl methyl sites for hydroxylation is 1. The Labute approximate surface area is 117 Å². The third-order valence-electron chi connectivity index (χ3n) is 4.30. The fourth-order valence-corrected chi connectivity index (χ4v) is 2.87. The first-order chi connectivity index (χ1) is 8.92. The van der Waals surface area contributed by atoms with Crippen molar-refractivity contribution in [2.24, 2.45) is 0 Å². The molecule has 0 aliphatic rings. The number of rotatable bonds is 6. The monoisotopic (exact) mass is 265 g/mol. The number of aliphatic hydroxyl groups excluding tert-OH is 1. The van der Waals surface area contributed by atoms with E-state index in [1.165, 1.54) is 0 Å². The van der Waals surface area contributed by atoms with Crippen molar-refractivity contribution in [2.45, 2.75) is 45.3 Å². The van der Waals surface area contributed by atoms with Gasteiger partial charge in [-0.2, -0.15) is 0 Å². The van der Waals surface area contributed by atoms with Crippen LogP contribution in [-0.2, 0) is 0 Å². The Bertz CT molecular complexity index is 411. The molecule has 0 amide bonds. The first-order valence-corrected chi connectivity index (χ1v) is 6.93. The van der Waals surface area contributed by atoms with E-state index < -0.39 is 6.10 Å². The third-order valence-corrected chi connectivity index (χ3v) is 4.30. The molecule has 0 aromatic heterocycles. The fourth-order valence-electron chi connectivity index (χ4n) is 2.87. The minimum Gasteiger partial charge on any atom is -0.496 e. The second-order valence-corrected chi connectivity index (χ2v) is 5.35. The van der Waals surface area contributed by atoms with E-state index >= 15 is 0 Å². The molecule has 0 saturated carbocycles. The van der Waals surface area contributed by atoms with E-state index in [1.807, 2.05) is 39.2 Å². The van der Waals surface area contributed by atoms with Crippen molar-refractivity contribution in [3.8, 4) is 5.75 Å². The van der Waals surface area contributed by atoms with Crippen LogP contribution < -0.4 is 4.74 Å². The number of aliphatic hydroxyl groups is 1. The van der Waals surface area contributed by atoms with Gasteiger partial charge in [-0.05, 0) is 46.0 Å². The maximum absolute atomic E-state index is 10.9. The smallest absolute Gasteiger partial charge is 0.124 e. The molecular weight excluding hydrogens is 238 g/mol. The molecule has 0 fully saturated rings. The number of hydrogen-bond donors (Lipinski definition) is 1. The summed E-state index contributed by atoms with van der Waals surface area (Å²) in [5, 5.41) is 10.9. The van der Waals surface area contributed by atoms with Gasteiger partial charge in [-0.1, -0.05) is 25.5 Å². The molecule has 19 heavy (non-hydrogen) atoms. The highest BCUT2D eigenvalue weighted by Crippen LogP contribution is 2.39. The SMILES string of the molecule is CCC(CC)(C(O)c1cc(C)ccc1OC)N(C)C. The van der Waals surface area contributed by atoms with E-state index in [2.05, 4.69) is 18.7 Å². The van der Waals surface area contributed by atoms with Gasteiger partial charge in [0, 0.05) is 5.56 Å². The number of hydrogen-bond acceptors (Lipinski definition) is 3. The molecule has 1 unspecified atom stereocenters.